The summed E-state index contributed by atoms with van der Waals surface area (Å²) >= 11 is 0. The fourth-order valence-electron chi connectivity index (χ4n) is 5.21. The average molecular weight is 589 g/mol. The highest BCUT2D eigenvalue weighted by atomic mass is 16.7. The number of esters is 6. The number of rotatable bonds is 9. The Labute approximate surface area is 232 Å². The molecule has 17 nitrogen and oxygen atoms in total. The van der Waals surface area contributed by atoms with Crippen LogP contribution in [0.3, 0.4) is 0 Å². The van der Waals surface area contributed by atoms with Crippen LogP contribution in [-0.4, -0.2) is 110 Å². The van der Waals surface area contributed by atoms with E-state index in [2.05, 4.69) is 4.74 Å². The minimum absolute atomic E-state index is 0.605. The molecule has 11 atom stereocenters. The standard InChI is InChI=1S/C24H30O17/c1-7(25)35-6-11-16(36-8(2)26)19(37-9(3)27)20(38-10(4)28)24(39-11)41-17-13(21(30)31)12-14(22(32)34-5)18(15(17)29)40-23(12)33/h11-20,24,29H,6H2,1-5H3,(H,30,31)/p-1/t11?,12?,13-,14?,15+,16?,17-,18?,19?,20?,24?/m1/s1. The number of carboxylic acids is 1. The van der Waals surface area contributed by atoms with Gasteiger partial charge >= 0.3 is 35.8 Å². The van der Waals surface area contributed by atoms with Crippen molar-refractivity contribution < 1.29 is 81.7 Å². The lowest BCUT2D eigenvalue weighted by Crippen LogP contribution is -2.66. The summed E-state index contributed by atoms with van der Waals surface area (Å²) in [6.45, 7) is 3.44. The number of hydrogen-bond donors (Lipinski definition) is 1. The molecule has 0 amide bonds. The summed E-state index contributed by atoms with van der Waals surface area (Å²) in [6.07, 6.45) is -13.7. The van der Waals surface area contributed by atoms with Crippen molar-refractivity contribution in [2.24, 2.45) is 17.8 Å². The average Bonchev–Trinajstić information content (AvgIpc) is 3.15. The van der Waals surface area contributed by atoms with Crippen LogP contribution >= 0.6 is 0 Å². The van der Waals surface area contributed by atoms with Crippen LogP contribution in [0.4, 0.5) is 0 Å². The fourth-order valence-corrected chi connectivity index (χ4v) is 5.21. The van der Waals surface area contributed by atoms with Crippen LogP contribution in [0.25, 0.3) is 0 Å². The summed E-state index contributed by atoms with van der Waals surface area (Å²) in [6, 6.07) is 0. The Morgan fingerprint density at radius 3 is 1.90 bits per heavy atom. The number of aliphatic carboxylic acids is 1. The second kappa shape index (κ2) is 12.8. The number of carboxylic acid groups (broad SMARTS) is 1. The number of hydrogen-bond acceptors (Lipinski definition) is 17. The van der Waals surface area contributed by atoms with Gasteiger partial charge in [-0.2, -0.15) is 0 Å². The van der Waals surface area contributed by atoms with Crippen LogP contribution in [0, 0.1) is 17.8 Å². The van der Waals surface area contributed by atoms with E-state index in [1.54, 1.807) is 0 Å². The van der Waals surface area contributed by atoms with E-state index in [1.165, 1.54) is 0 Å². The van der Waals surface area contributed by atoms with E-state index < -0.39 is 115 Å². The van der Waals surface area contributed by atoms with Crippen molar-refractivity contribution in [2.75, 3.05) is 13.7 Å². The normalized spacial score (nSPS) is 35.9. The molecule has 8 unspecified atom stereocenters. The molecule has 0 aromatic heterocycles. The monoisotopic (exact) mass is 589 g/mol. The molecule has 0 radical (unpaired) electrons. The maximum absolute atomic E-state index is 12.6. The number of fused-ring (bicyclic) bond motifs is 2. The third-order valence-electron chi connectivity index (χ3n) is 6.66. The minimum Gasteiger partial charge on any atom is -0.550 e. The highest BCUT2D eigenvalue weighted by molar-refractivity contribution is 5.90. The Hall–Kier alpha value is -3.83. The van der Waals surface area contributed by atoms with Crippen LogP contribution in [0.5, 0.6) is 0 Å². The van der Waals surface area contributed by atoms with Crippen LogP contribution in [-0.2, 0) is 71.5 Å². The Bertz CT molecular complexity index is 1090. The molecule has 0 aromatic carbocycles. The number of methoxy groups -OCH3 is 1. The van der Waals surface area contributed by atoms with Gasteiger partial charge in [0.1, 0.15) is 30.8 Å². The van der Waals surface area contributed by atoms with Crippen LogP contribution in [0.15, 0.2) is 0 Å². The van der Waals surface area contributed by atoms with Gasteiger partial charge in [0.05, 0.1) is 19.1 Å². The second-order valence-corrected chi connectivity index (χ2v) is 9.48. The molecule has 228 valence electrons. The summed E-state index contributed by atoms with van der Waals surface area (Å²) in [5.74, 6) is -12.8. The highest BCUT2D eigenvalue weighted by Gasteiger charge is 2.65. The van der Waals surface area contributed by atoms with E-state index in [-0.39, 0.29) is 0 Å². The summed E-state index contributed by atoms with van der Waals surface area (Å²) in [7, 11) is 0.993. The zero-order valence-corrected chi connectivity index (χ0v) is 22.5. The van der Waals surface area contributed by atoms with Crippen molar-refractivity contribution in [2.45, 2.75) is 76.7 Å². The number of aliphatic hydroxyl groups excluding tert-OH is 1. The lowest BCUT2D eigenvalue weighted by molar-refractivity contribution is -0.344. The van der Waals surface area contributed by atoms with Gasteiger partial charge < -0.3 is 52.9 Å². The molecule has 3 rings (SSSR count). The van der Waals surface area contributed by atoms with E-state index in [0.717, 1.165) is 34.8 Å². The van der Waals surface area contributed by atoms with Gasteiger partial charge in [-0.1, -0.05) is 0 Å². The molecule has 2 bridgehead atoms. The zero-order chi connectivity index (χ0) is 30.8. The Kier molecular flexibility index (Phi) is 9.88. The van der Waals surface area contributed by atoms with Crippen molar-refractivity contribution in [3.63, 3.8) is 0 Å². The van der Waals surface area contributed by atoms with E-state index in [4.69, 9.17) is 33.2 Å². The molecule has 17 heteroatoms. The Balaban J connectivity index is 2.06. The van der Waals surface area contributed by atoms with Crippen molar-refractivity contribution >= 4 is 41.8 Å². The predicted octanol–water partition coefficient (Wildman–Crippen LogP) is -3.47. The van der Waals surface area contributed by atoms with Crippen molar-refractivity contribution in [3.8, 4) is 0 Å². The number of ether oxygens (including phenoxy) is 8. The van der Waals surface area contributed by atoms with E-state index in [1.807, 2.05) is 0 Å². The lowest BCUT2D eigenvalue weighted by Gasteiger charge is -2.47. The molecule has 1 N–H and O–H groups in total. The molecular weight excluding hydrogens is 560 g/mol. The molecule has 3 fully saturated rings. The third kappa shape index (κ3) is 6.74. The summed E-state index contributed by atoms with van der Waals surface area (Å²) in [5.41, 5.74) is 0. The highest BCUT2D eigenvalue weighted by Crippen LogP contribution is 2.46. The van der Waals surface area contributed by atoms with Gasteiger partial charge in [-0.05, 0) is 0 Å². The predicted molar refractivity (Wildman–Crippen MR) is 120 cm³/mol. The molecule has 2 heterocycles. The summed E-state index contributed by atoms with van der Waals surface area (Å²) in [4.78, 5) is 84.6. The third-order valence-corrected chi connectivity index (χ3v) is 6.66. The largest absolute Gasteiger partial charge is 0.550 e. The van der Waals surface area contributed by atoms with Crippen molar-refractivity contribution in [1.29, 1.82) is 0 Å². The van der Waals surface area contributed by atoms with Crippen LogP contribution in [0.1, 0.15) is 27.7 Å². The molecular formula is C24H29O17-. The van der Waals surface area contributed by atoms with Crippen LogP contribution < -0.4 is 5.11 Å². The Morgan fingerprint density at radius 2 is 1.39 bits per heavy atom. The maximum Gasteiger partial charge on any atom is 0.313 e. The van der Waals surface area contributed by atoms with Crippen molar-refractivity contribution in [3.05, 3.63) is 0 Å². The van der Waals surface area contributed by atoms with Gasteiger partial charge in [-0.25, -0.2) is 0 Å². The molecule has 0 spiro atoms. The SMILES string of the molecule is COC(=O)C1C2OC(=O)C1[C@@H](C(=O)[O-])[C@@H](OC1OC(COC(C)=O)C(OC(C)=O)C(OC(C)=O)C1OC(C)=O)[C@@H]2O. The van der Waals surface area contributed by atoms with Gasteiger partial charge in [0.15, 0.2) is 24.6 Å². The van der Waals surface area contributed by atoms with Gasteiger partial charge in [0.25, 0.3) is 0 Å². The van der Waals surface area contributed by atoms with Gasteiger partial charge in [0, 0.05) is 39.6 Å². The van der Waals surface area contributed by atoms with Gasteiger partial charge in [-0.3, -0.25) is 28.8 Å². The van der Waals surface area contributed by atoms with Crippen LogP contribution in [0.2, 0.25) is 0 Å². The van der Waals surface area contributed by atoms with E-state index in [9.17, 15) is 43.8 Å². The summed E-state index contributed by atoms with van der Waals surface area (Å²) < 4.78 is 42.1. The van der Waals surface area contributed by atoms with E-state index >= 15 is 0 Å². The molecule has 1 saturated carbocycles. The first-order chi connectivity index (χ1) is 19.2. The molecule has 3 aliphatic rings. The van der Waals surface area contributed by atoms with Gasteiger partial charge in [0.2, 0.25) is 0 Å². The molecule has 2 aliphatic heterocycles. The zero-order valence-electron chi connectivity index (χ0n) is 22.5. The number of carbonyl (C=O) groups is 7. The van der Waals surface area contributed by atoms with Gasteiger partial charge in [-0.15, -0.1) is 0 Å². The smallest absolute Gasteiger partial charge is 0.313 e. The minimum atomic E-state index is -2.01. The number of carbonyl (C=O) groups excluding carboxylic acids is 7. The quantitative estimate of drug-likeness (QED) is 0.203. The first-order valence-electron chi connectivity index (χ1n) is 12.3. The molecule has 0 aromatic rings. The molecule has 2 saturated heterocycles. The molecule has 1 aliphatic carbocycles. The lowest BCUT2D eigenvalue weighted by atomic mass is 9.69. The fraction of sp³-hybridized carbons (Fsp3) is 0.708. The Morgan fingerprint density at radius 1 is 0.829 bits per heavy atom. The molecule has 41 heavy (non-hydrogen) atoms. The van der Waals surface area contributed by atoms with E-state index in [0.29, 0.717) is 0 Å². The maximum atomic E-state index is 12.6. The first kappa shape index (κ1) is 31.7. The number of aliphatic hydroxyl groups is 1. The van der Waals surface area contributed by atoms with Crippen molar-refractivity contribution in [1.82, 2.24) is 0 Å². The first-order valence-corrected chi connectivity index (χ1v) is 12.3. The topological polar surface area (TPSA) is 237 Å². The second-order valence-electron chi connectivity index (χ2n) is 9.48. The summed E-state index contributed by atoms with van der Waals surface area (Å²) in [5, 5.41) is 23.3.